The Morgan fingerprint density at radius 2 is 2.29 bits per heavy atom. The average molecular weight is 201 g/mol. The molecule has 4 nitrogen and oxygen atoms in total. The molecule has 1 aliphatic carbocycles. The second kappa shape index (κ2) is 4.28. The zero-order valence-corrected chi connectivity index (χ0v) is 9.04. The van der Waals surface area contributed by atoms with Gasteiger partial charge in [-0.3, -0.25) is 4.79 Å². The first-order valence-electron chi connectivity index (χ1n) is 4.96. The topological polar surface area (TPSA) is 58.6 Å². The third kappa shape index (κ3) is 2.25. The molecule has 1 rings (SSSR count). The van der Waals surface area contributed by atoms with Crippen LogP contribution in [0.2, 0.25) is 0 Å². The molecule has 0 spiro atoms. The van der Waals surface area contributed by atoms with Gasteiger partial charge in [0.25, 0.3) is 0 Å². The summed E-state index contributed by atoms with van der Waals surface area (Å²) in [4.78, 5) is 10.3. The van der Waals surface area contributed by atoms with Gasteiger partial charge in [-0.05, 0) is 6.42 Å². The predicted molar refractivity (Wildman–Crippen MR) is 53.2 cm³/mol. The molecular weight excluding hydrogens is 182 g/mol. The molecule has 0 saturated heterocycles. The van der Waals surface area contributed by atoms with Crippen LogP contribution < -0.4 is 5.32 Å². The van der Waals surface area contributed by atoms with Gasteiger partial charge < -0.3 is 15.2 Å². The maximum atomic E-state index is 10.3. The van der Waals surface area contributed by atoms with E-state index in [0.29, 0.717) is 18.7 Å². The lowest BCUT2D eigenvalue weighted by Gasteiger charge is -2.51. The number of hydrogen-bond donors (Lipinski definition) is 2. The zero-order chi connectivity index (χ0) is 10.8. The fourth-order valence-corrected chi connectivity index (χ4v) is 1.99. The van der Waals surface area contributed by atoms with E-state index in [9.17, 15) is 4.79 Å². The molecule has 0 radical (unpaired) electrons. The minimum absolute atomic E-state index is 0.118. The molecule has 1 fully saturated rings. The van der Waals surface area contributed by atoms with Crippen LogP contribution in [0.1, 0.15) is 26.7 Å². The molecular formula is C10H19NO3. The van der Waals surface area contributed by atoms with Crippen LogP contribution in [0.5, 0.6) is 0 Å². The fraction of sp³-hybridized carbons (Fsp3) is 0.900. The largest absolute Gasteiger partial charge is 0.481 e. The molecule has 4 heteroatoms. The summed E-state index contributed by atoms with van der Waals surface area (Å²) in [6, 6.07) is 0.381. The van der Waals surface area contributed by atoms with Crippen molar-refractivity contribution < 1.29 is 14.6 Å². The molecule has 0 heterocycles. The summed E-state index contributed by atoms with van der Waals surface area (Å²) in [6.45, 7) is 4.83. The second-order valence-corrected chi connectivity index (χ2v) is 4.43. The number of methoxy groups -OCH3 is 1. The number of nitrogens with one attached hydrogen (secondary N) is 1. The summed E-state index contributed by atoms with van der Waals surface area (Å²) in [5.41, 5.74) is 0.118. The van der Waals surface area contributed by atoms with E-state index < -0.39 is 5.97 Å². The number of carbonyl (C=O) groups is 1. The smallest absolute Gasteiger partial charge is 0.304 e. The molecule has 2 N–H and O–H groups in total. The molecule has 2 atom stereocenters. The Morgan fingerprint density at radius 3 is 2.71 bits per heavy atom. The van der Waals surface area contributed by atoms with Crippen molar-refractivity contribution in [2.24, 2.45) is 5.41 Å². The molecule has 1 aliphatic rings. The summed E-state index contributed by atoms with van der Waals surface area (Å²) in [6.07, 6.45) is 1.46. The van der Waals surface area contributed by atoms with Crippen molar-refractivity contribution in [2.75, 3.05) is 13.7 Å². The first-order chi connectivity index (χ1) is 6.48. The van der Waals surface area contributed by atoms with Crippen LogP contribution in [0, 0.1) is 5.41 Å². The predicted octanol–water partition coefficient (Wildman–Crippen LogP) is 0.864. The maximum absolute atomic E-state index is 10.3. The van der Waals surface area contributed by atoms with Crippen LogP contribution in [-0.4, -0.2) is 36.9 Å². The van der Waals surface area contributed by atoms with Crippen LogP contribution in [0.3, 0.4) is 0 Å². The quantitative estimate of drug-likeness (QED) is 0.692. The highest BCUT2D eigenvalue weighted by molar-refractivity contribution is 5.66. The standard InChI is InChI=1S/C10H19NO3/c1-10(2)7(6-8(10)14-3)11-5-4-9(12)13/h7-8,11H,4-6H2,1-3H3,(H,12,13). The molecule has 1 saturated carbocycles. The van der Waals surface area contributed by atoms with Crippen molar-refractivity contribution >= 4 is 5.97 Å². The van der Waals surface area contributed by atoms with Gasteiger partial charge in [0.05, 0.1) is 12.5 Å². The van der Waals surface area contributed by atoms with Crippen molar-refractivity contribution in [1.29, 1.82) is 0 Å². The number of hydrogen-bond acceptors (Lipinski definition) is 3. The summed E-state index contributed by atoms with van der Waals surface area (Å²) in [7, 11) is 1.72. The van der Waals surface area contributed by atoms with Gasteiger partial charge in [-0.1, -0.05) is 13.8 Å². The van der Waals surface area contributed by atoms with E-state index in [1.807, 2.05) is 0 Å². The van der Waals surface area contributed by atoms with Gasteiger partial charge in [0.2, 0.25) is 0 Å². The van der Waals surface area contributed by atoms with Crippen molar-refractivity contribution in [1.82, 2.24) is 5.32 Å². The van der Waals surface area contributed by atoms with Crippen molar-refractivity contribution in [3.05, 3.63) is 0 Å². The Kier molecular flexibility index (Phi) is 3.50. The summed E-state index contributed by atoms with van der Waals surface area (Å²) in [5, 5.41) is 11.7. The number of carboxylic acids is 1. The Labute approximate surface area is 84.6 Å². The first kappa shape index (κ1) is 11.5. The average Bonchev–Trinajstić information content (AvgIpc) is 2.09. The lowest BCUT2D eigenvalue weighted by atomic mass is 9.64. The van der Waals surface area contributed by atoms with Crippen LogP contribution in [-0.2, 0) is 9.53 Å². The fourth-order valence-electron chi connectivity index (χ4n) is 1.99. The number of aliphatic carboxylic acids is 1. The lowest BCUT2D eigenvalue weighted by molar-refractivity contribution is -0.137. The Morgan fingerprint density at radius 1 is 1.64 bits per heavy atom. The molecule has 0 aromatic rings. The molecule has 2 unspecified atom stereocenters. The van der Waals surface area contributed by atoms with Crippen LogP contribution in [0.15, 0.2) is 0 Å². The first-order valence-corrected chi connectivity index (χ1v) is 4.96. The van der Waals surface area contributed by atoms with E-state index in [1.54, 1.807) is 7.11 Å². The third-order valence-corrected chi connectivity index (χ3v) is 3.19. The number of rotatable bonds is 5. The highest BCUT2D eigenvalue weighted by Crippen LogP contribution is 2.42. The Hall–Kier alpha value is -0.610. The van der Waals surface area contributed by atoms with E-state index >= 15 is 0 Å². The Balaban J connectivity index is 2.25. The van der Waals surface area contributed by atoms with Crippen molar-refractivity contribution in [3.8, 4) is 0 Å². The molecule has 0 aliphatic heterocycles. The van der Waals surface area contributed by atoms with Gasteiger partial charge >= 0.3 is 5.97 Å². The van der Waals surface area contributed by atoms with E-state index in [0.717, 1.165) is 6.42 Å². The maximum Gasteiger partial charge on any atom is 0.304 e. The molecule has 0 aromatic heterocycles. The van der Waals surface area contributed by atoms with Crippen molar-refractivity contribution in [2.45, 2.75) is 38.8 Å². The highest BCUT2D eigenvalue weighted by atomic mass is 16.5. The molecule has 82 valence electrons. The molecule has 14 heavy (non-hydrogen) atoms. The van der Waals surface area contributed by atoms with Gasteiger partial charge in [-0.2, -0.15) is 0 Å². The van der Waals surface area contributed by atoms with E-state index in [2.05, 4.69) is 19.2 Å². The second-order valence-electron chi connectivity index (χ2n) is 4.43. The van der Waals surface area contributed by atoms with Gasteiger partial charge in [0, 0.05) is 25.1 Å². The zero-order valence-electron chi connectivity index (χ0n) is 9.04. The normalized spacial score (nSPS) is 29.6. The monoisotopic (exact) mass is 201 g/mol. The molecule has 0 aromatic carbocycles. The summed E-state index contributed by atoms with van der Waals surface area (Å²) < 4.78 is 5.30. The number of carboxylic acid groups (broad SMARTS) is 1. The summed E-state index contributed by atoms with van der Waals surface area (Å²) in [5.74, 6) is -0.752. The van der Waals surface area contributed by atoms with E-state index in [-0.39, 0.29) is 11.8 Å². The van der Waals surface area contributed by atoms with E-state index in [1.165, 1.54) is 0 Å². The third-order valence-electron chi connectivity index (χ3n) is 3.19. The molecule has 0 bridgehead atoms. The van der Waals surface area contributed by atoms with Gasteiger partial charge in [0.15, 0.2) is 0 Å². The van der Waals surface area contributed by atoms with Gasteiger partial charge in [-0.25, -0.2) is 0 Å². The lowest BCUT2D eigenvalue weighted by Crippen LogP contribution is -2.60. The highest BCUT2D eigenvalue weighted by Gasteiger charge is 2.47. The molecule has 0 amide bonds. The van der Waals surface area contributed by atoms with Crippen molar-refractivity contribution in [3.63, 3.8) is 0 Å². The SMILES string of the molecule is COC1CC(NCCC(=O)O)C1(C)C. The van der Waals surface area contributed by atoms with Crippen LogP contribution in [0.25, 0.3) is 0 Å². The minimum Gasteiger partial charge on any atom is -0.481 e. The van der Waals surface area contributed by atoms with Crippen LogP contribution >= 0.6 is 0 Å². The van der Waals surface area contributed by atoms with E-state index in [4.69, 9.17) is 9.84 Å². The van der Waals surface area contributed by atoms with Gasteiger partial charge in [-0.15, -0.1) is 0 Å². The van der Waals surface area contributed by atoms with Gasteiger partial charge in [0.1, 0.15) is 0 Å². The minimum atomic E-state index is -0.752. The van der Waals surface area contributed by atoms with Crippen LogP contribution in [0.4, 0.5) is 0 Å². The number of ether oxygens (including phenoxy) is 1. The summed E-state index contributed by atoms with van der Waals surface area (Å²) >= 11 is 0. The Bertz CT molecular complexity index is 215.